The Bertz CT molecular complexity index is 395. The second-order valence-electron chi connectivity index (χ2n) is 4.31. The summed E-state index contributed by atoms with van der Waals surface area (Å²) in [6.45, 7) is 3.22. The zero-order valence-corrected chi connectivity index (χ0v) is 11.1. The molecule has 0 aromatic heterocycles. The van der Waals surface area contributed by atoms with E-state index in [9.17, 15) is 9.90 Å². The molecule has 5 heteroatoms. The summed E-state index contributed by atoms with van der Waals surface area (Å²) in [5.41, 5.74) is 0.698. The van der Waals surface area contributed by atoms with E-state index in [1.54, 1.807) is 18.2 Å². The SMILES string of the molecule is CCCCOCC(O)CNc1ccccc1C(=O)O. The van der Waals surface area contributed by atoms with Crippen LogP contribution in [0.3, 0.4) is 0 Å². The Morgan fingerprint density at radius 1 is 1.42 bits per heavy atom. The zero-order valence-electron chi connectivity index (χ0n) is 11.1. The van der Waals surface area contributed by atoms with E-state index in [2.05, 4.69) is 12.2 Å². The average molecular weight is 267 g/mol. The summed E-state index contributed by atoms with van der Waals surface area (Å²) in [5, 5.41) is 21.6. The number of aliphatic hydroxyl groups excluding tert-OH is 1. The van der Waals surface area contributed by atoms with E-state index in [1.807, 2.05) is 0 Å². The van der Waals surface area contributed by atoms with Crippen molar-refractivity contribution in [3.8, 4) is 0 Å². The first kappa shape index (κ1) is 15.5. The summed E-state index contributed by atoms with van der Waals surface area (Å²) in [5.74, 6) is -0.989. The molecular weight excluding hydrogens is 246 g/mol. The molecule has 0 spiro atoms. The van der Waals surface area contributed by atoms with Crippen molar-refractivity contribution in [2.24, 2.45) is 0 Å². The molecule has 1 rings (SSSR count). The lowest BCUT2D eigenvalue weighted by Crippen LogP contribution is -2.25. The summed E-state index contributed by atoms with van der Waals surface area (Å²) >= 11 is 0. The molecule has 0 amide bonds. The molecule has 5 nitrogen and oxygen atoms in total. The molecule has 0 saturated heterocycles. The van der Waals surface area contributed by atoms with Crippen LogP contribution in [0, 0.1) is 0 Å². The number of hydrogen-bond acceptors (Lipinski definition) is 4. The van der Waals surface area contributed by atoms with Gasteiger partial charge in [0.15, 0.2) is 0 Å². The highest BCUT2D eigenvalue weighted by atomic mass is 16.5. The first-order chi connectivity index (χ1) is 9.15. The van der Waals surface area contributed by atoms with E-state index in [1.165, 1.54) is 6.07 Å². The third-order valence-corrected chi connectivity index (χ3v) is 2.64. The molecule has 1 atom stereocenters. The van der Waals surface area contributed by atoms with E-state index in [0.29, 0.717) is 12.3 Å². The van der Waals surface area contributed by atoms with Gasteiger partial charge in [-0.2, -0.15) is 0 Å². The Hall–Kier alpha value is -1.59. The van der Waals surface area contributed by atoms with Crippen LogP contribution in [-0.4, -0.2) is 42.0 Å². The van der Waals surface area contributed by atoms with Gasteiger partial charge in [0.1, 0.15) is 0 Å². The molecule has 0 radical (unpaired) electrons. The zero-order chi connectivity index (χ0) is 14.1. The first-order valence-electron chi connectivity index (χ1n) is 6.47. The van der Waals surface area contributed by atoms with Crippen LogP contribution in [0.1, 0.15) is 30.1 Å². The predicted octanol–water partition coefficient (Wildman–Crippen LogP) is 1.97. The maximum absolute atomic E-state index is 11.0. The lowest BCUT2D eigenvalue weighted by Gasteiger charge is -2.14. The molecule has 0 aliphatic heterocycles. The maximum atomic E-state index is 11.0. The van der Waals surface area contributed by atoms with E-state index in [4.69, 9.17) is 9.84 Å². The van der Waals surface area contributed by atoms with Crippen molar-refractivity contribution in [1.82, 2.24) is 0 Å². The van der Waals surface area contributed by atoms with Crippen molar-refractivity contribution in [2.45, 2.75) is 25.9 Å². The number of aliphatic hydroxyl groups is 1. The molecule has 0 fully saturated rings. The van der Waals surface area contributed by atoms with Crippen LogP contribution in [0.2, 0.25) is 0 Å². The fourth-order valence-electron chi connectivity index (χ4n) is 1.58. The summed E-state index contributed by atoms with van der Waals surface area (Å²) in [6.07, 6.45) is 1.38. The molecule has 1 unspecified atom stereocenters. The number of carbonyl (C=O) groups is 1. The van der Waals surface area contributed by atoms with Gasteiger partial charge >= 0.3 is 5.97 Å². The van der Waals surface area contributed by atoms with Gasteiger partial charge in [0.25, 0.3) is 0 Å². The third-order valence-electron chi connectivity index (χ3n) is 2.64. The van der Waals surface area contributed by atoms with E-state index >= 15 is 0 Å². The van der Waals surface area contributed by atoms with Crippen LogP contribution in [-0.2, 0) is 4.74 Å². The molecule has 0 aliphatic carbocycles. The number of carboxylic acids is 1. The summed E-state index contributed by atoms with van der Waals surface area (Å²) in [7, 11) is 0. The van der Waals surface area contributed by atoms with E-state index in [-0.39, 0.29) is 18.7 Å². The Balaban J connectivity index is 2.37. The van der Waals surface area contributed by atoms with Gasteiger partial charge in [-0.05, 0) is 18.6 Å². The largest absolute Gasteiger partial charge is 0.478 e. The fourth-order valence-corrected chi connectivity index (χ4v) is 1.58. The van der Waals surface area contributed by atoms with Crippen molar-refractivity contribution in [3.63, 3.8) is 0 Å². The molecule has 19 heavy (non-hydrogen) atoms. The minimum atomic E-state index is -0.989. The summed E-state index contributed by atoms with van der Waals surface area (Å²) in [4.78, 5) is 11.0. The summed E-state index contributed by atoms with van der Waals surface area (Å²) in [6, 6.07) is 6.61. The molecule has 106 valence electrons. The Labute approximate surface area is 113 Å². The highest BCUT2D eigenvalue weighted by molar-refractivity contribution is 5.94. The second kappa shape index (κ2) is 8.50. The number of unbranched alkanes of at least 4 members (excludes halogenated alkanes) is 1. The number of rotatable bonds is 9. The van der Waals surface area contributed by atoms with Gasteiger partial charge in [-0.25, -0.2) is 4.79 Å². The summed E-state index contributed by atoms with van der Waals surface area (Å²) < 4.78 is 5.30. The minimum Gasteiger partial charge on any atom is -0.478 e. The van der Waals surface area contributed by atoms with Gasteiger partial charge in [-0.1, -0.05) is 25.5 Å². The van der Waals surface area contributed by atoms with Crippen LogP contribution in [0.4, 0.5) is 5.69 Å². The molecule has 1 aromatic carbocycles. The maximum Gasteiger partial charge on any atom is 0.337 e. The van der Waals surface area contributed by atoms with Gasteiger partial charge in [0.2, 0.25) is 0 Å². The topological polar surface area (TPSA) is 78.8 Å². The normalized spacial score (nSPS) is 12.1. The van der Waals surface area contributed by atoms with Crippen LogP contribution in [0.25, 0.3) is 0 Å². The number of ether oxygens (including phenoxy) is 1. The smallest absolute Gasteiger partial charge is 0.337 e. The number of carboxylic acid groups (broad SMARTS) is 1. The van der Waals surface area contributed by atoms with Crippen LogP contribution < -0.4 is 5.32 Å². The predicted molar refractivity (Wildman–Crippen MR) is 73.6 cm³/mol. The molecule has 1 aromatic rings. The van der Waals surface area contributed by atoms with Gasteiger partial charge in [-0.3, -0.25) is 0 Å². The van der Waals surface area contributed by atoms with Gasteiger partial charge in [0.05, 0.1) is 18.3 Å². The molecular formula is C14H21NO4. The fraction of sp³-hybridized carbons (Fsp3) is 0.500. The average Bonchev–Trinajstić information content (AvgIpc) is 2.41. The van der Waals surface area contributed by atoms with Crippen molar-refractivity contribution in [2.75, 3.05) is 25.1 Å². The van der Waals surface area contributed by atoms with E-state index in [0.717, 1.165) is 12.8 Å². The quantitative estimate of drug-likeness (QED) is 0.596. The minimum absolute atomic E-state index is 0.196. The van der Waals surface area contributed by atoms with Gasteiger partial charge < -0.3 is 20.3 Å². The molecule has 0 saturated carbocycles. The monoisotopic (exact) mass is 267 g/mol. The second-order valence-corrected chi connectivity index (χ2v) is 4.31. The van der Waals surface area contributed by atoms with Crippen LogP contribution >= 0.6 is 0 Å². The third kappa shape index (κ3) is 5.72. The number of aromatic carboxylic acids is 1. The number of benzene rings is 1. The lowest BCUT2D eigenvalue weighted by atomic mass is 10.2. The molecule has 0 heterocycles. The number of anilines is 1. The number of nitrogens with one attached hydrogen (secondary N) is 1. The Morgan fingerprint density at radius 2 is 2.16 bits per heavy atom. The van der Waals surface area contributed by atoms with Crippen molar-refractivity contribution >= 4 is 11.7 Å². The first-order valence-corrected chi connectivity index (χ1v) is 6.47. The highest BCUT2D eigenvalue weighted by Gasteiger charge is 2.10. The van der Waals surface area contributed by atoms with Crippen molar-refractivity contribution in [1.29, 1.82) is 0 Å². The highest BCUT2D eigenvalue weighted by Crippen LogP contribution is 2.14. The Morgan fingerprint density at radius 3 is 2.84 bits per heavy atom. The van der Waals surface area contributed by atoms with Gasteiger partial charge in [0, 0.05) is 18.8 Å². The van der Waals surface area contributed by atoms with Gasteiger partial charge in [-0.15, -0.1) is 0 Å². The molecule has 0 bridgehead atoms. The molecule has 0 aliphatic rings. The van der Waals surface area contributed by atoms with Crippen LogP contribution in [0.15, 0.2) is 24.3 Å². The number of hydrogen-bond donors (Lipinski definition) is 3. The standard InChI is InChI=1S/C14H21NO4/c1-2-3-8-19-10-11(16)9-15-13-7-5-4-6-12(13)14(17)18/h4-7,11,15-16H,2-3,8-10H2,1H3,(H,17,18). The van der Waals surface area contributed by atoms with Crippen molar-refractivity contribution in [3.05, 3.63) is 29.8 Å². The number of para-hydroxylation sites is 1. The molecule has 3 N–H and O–H groups in total. The lowest BCUT2D eigenvalue weighted by molar-refractivity contribution is 0.0421. The van der Waals surface area contributed by atoms with Crippen molar-refractivity contribution < 1.29 is 19.7 Å². The Kier molecular flexibility index (Phi) is 6.92. The van der Waals surface area contributed by atoms with E-state index < -0.39 is 12.1 Å². The van der Waals surface area contributed by atoms with Crippen LogP contribution in [0.5, 0.6) is 0 Å².